The zero-order valence-electron chi connectivity index (χ0n) is 17.3. The first-order chi connectivity index (χ1) is 13.2. The largest absolute Gasteiger partial charge is 0.497 e. The molecule has 0 spiro atoms. The Balaban J connectivity index is 2.51. The van der Waals surface area contributed by atoms with Crippen molar-refractivity contribution in [3.05, 3.63) is 59.7 Å². The van der Waals surface area contributed by atoms with E-state index in [4.69, 9.17) is 4.74 Å². The average molecular weight is 406 g/mol. The first-order valence-electron chi connectivity index (χ1n) is 9.53. The summed E-state index contributed by atoms with van der Waals surface area (Å²) in [4.78, 5) is 0.266. The van der Waals surface area contributed by atoms with Crippen LogP contribution in [-0.2, 0) is 16.6 Å². The summed E-state index contributed by atoms with van der Waals surface area (Å²) in [6.45, 7) is 7.94. The monoisotopic (exact) mass is 405 g/mol. The molecule has 5 nitrogen and oxygen atoms in total. The van der Waals surface area contributed by atoms with Gasteiger partial charge in [0.1, 0.15) is 5.75 Å². The Hall–Kier alpha value is -1.89. The van der Waals surface area contributed by atoms with Gasteiger partial charge in [0.05, 0.1) is 12.0 Å². The van der Waals surface area contributed by atoms with Gasteiger partial charge in [-0.25, -0.2) is 8.42 Å². The van der Waals surface area contributed by atoms with Gasteiger partial charge in [0.15, 0.2) is 0 Å². The molecule has 6 heteroatoms. The van der Waals surface area contributed by atoms with E-state index in [0.29, 0.717) is 0 Å². The quantitative estimate of drug-likeness (QED) is 0.688. The van der Waals surface area contributed by atoms with E-state index in [1.165, 1.54) is 4.31 Å². The van der Waals surface area contributed by atoms with Crippen LogP contribution in [0.5, 0.6) is 5.75 Å². The fourth-order valence-electron chi connectivity index (χ4n) is 3.49. The molecule has 2 rings (SSSR count). The Morgan fingerprint density at radius 2 is 1.57 bits per heavy atom. The summed E-state index contributed by atoms with van der Waals surface area (Å²) in [5.41, 5.74) is 1.87. The van der Waals surface area contributed by atoms with E-state index in [1.54, 1.807) is 31.4 Å². The van der Waals surface area contributed by atoms with Crippen molar-refractivity contribution in [1.82, 2.24) is 4.31 Å². The van der Waals surface area contributed by atoms with Crippen molar-refractivity contribution in [3.63, 3.8) is 0 Å². The third kappa shape index (κ3) is 5.13. The van der Waals surface area contributed by atoms with Crippen LogP contribution in [0.25, 0.3) is 0 Å². The summed E-state index contributed by atoms with van der Waals surface area (Å²) in [5.74, 6) is 0.569. The van der Waals surface area contributed by atoms with E-state index >= 15 is 0 Å². The Morgan fingerprint density at radius 1 is 1.00 bits per heavy atom. The lowest BCUT2D eigenvalue weighted by Crippen LogP contribution is -2.47. The Kier molecular flexibility index (Phi) is 7.63. The molecule has 0 heterocycles. The lowest BCUT2D eigenvalue weighted by atomic mass is 9.92. The van der Waals surface area contributed by atoms with Gasteiger partial charge in [0.25, 0.3) is 0 Å². The summed E-state index contributed by atoms with van der Waals surface area (Å²) < 4.78 is 33.8. The van der Waals surface area contributed by atoms with Gasteiger partial charge in [-0.1, -0.05) is 50.6 Å². The van der Waals surface area contributed by atoms with Crippen molar-refractivity contribution in [2.24, 2.45) is 11.8 Å². The fourth-order valence-corrected chi connectivity index (χ4v) is 5.33. The van der Waals surface area contributed by atoms with Crippen molar-refractivity contribution in [2.45, 2.75) is 45.2 Å². The van der Waals surface area contributed by atoms with E-state index in [1.807, 2.05) is 52.0 Å². The Morgan fingerprint density at radius 3 is 2.04 bits per heavy atom. The molecular weight excluding hydrogens is 374 g/mol. The summed E-state index contributed by atoms with van der Waals surface area (Å²) in [5, 5.41) is 9.77. The molecule has 28 heavy (non-hydrogen) atoms. The number of aliphatic hydroxyl groups excluding tert-OH is 1. The highest BCUT2D eigenvalue weighted by atomic mass is 32.2. The van der Waals surface area contributed by atoms with Gasteiger partial charge in [0.2, 0.25) is 10.0 Å². The summed E-state index contributed by atoms with van der Waals surface area (Å²) >= 11 is 0. The molecule has 2 aromatic rings. The topological polar surface area (TPSA) is 66.8 Å². The summed E-state index contributed by atoms with van der Waals surface area (Å²) in [6.07, 6.45) is 0. The van der Waals surface area contributed by atoms with E-state index in [0.717, 1.165) is 16.9 Å². The minimum Gasteiger partial charge on any atom is -0.497 e. The van der Waals surface area contributed by atoms with Crippen LogP contribution in [0.15, 0.2) is 53.4 Å². The molecule has 2 aromatic carbocycles. The zero-order chi connectivity index (χ0) is 20.9. The van der Waals surface area contributed by atoms with Crippen LogP contribution < -0.4 is 4.74 Å². The highest BCUT2D eigenvalue weighted by Gasteiger charge is 2.36. The molecule has 0 saturated carbocycles. The van der Waals surface area contributed by atoms with Crippen molar-refractivity contribution in [3.8, 4) is 5.75 Å². The standard InChI is InChI=1S/C22H31NO4S/c1-16(2)22(18(4)15-24)23(14-19-8-10-20(27-5)11-9-19)28(25,26)21-12-6-17(3)7-13-21/h6-13,16,18,22,24H,14-15H2,1-5H3/t18-,22+/m1/s1. The first kappa shape index (κ1) is 22.4. The maximum atomic E-state index is 13.6. The van der Waals surface area contributed by atoms with Gasteiger partial charge < -0.3 is 9.84 Å². The molecule has 2 atom stereocenters. The number of ether oxygens (including phenoxy) is 1. The van der Waals surface area contributed by atoms with Crippen LogP contribution in [-0.4, -0.2) is 37.6 Å². The van der Waals surface area contributed by atoms with Crippen LogP contribution in [0.2, 0.25) is 0 Å². The molecule has 0 radical (unpaired) electrons. The van der Waals surface area contributed by atoms with Crippen LogP contribution in [0.3, 0.4) is 0 Å². The number of aliphatic hydroxyl groups is 1. The number of sulfonamides is 1. The van der Waals surface area contributed by atoms with E-state index in [9.17, 15) is 13.5 Å². The third-order valence-electron chi connectivity index (χ3n) is 5.01. The second kappa shape index (κ2) is 9.54. The number of hydrogen-bond donors (Lipinski definition) is 1. The number of rotatable bonds is 9. The molecule has 0 unspecified atom stereocenters. The van der Waals surface area contributed by atoms with Gasteiger partial charge >= 0.3 is 0 Å². The number of nitrogens with zero attached hydrogens (tertiary/aromatic N) is 1. The molecule has 0 bridgehead atoms. The van der Waals surface area contributed by atoms with Gasteiger partial charge in [-0.15, -0.1) is 0 Å². The number of methoxy groups -OCH3 is 1. The molecule has 0 saturated heterocycles. The molecule has 0 aromatic heterocycles. The molecule has 0 amide bonds. The molecule has 0 fully saturated rings. The molecular formula is C22H31NO4S. The smallest absolute Gasteiger partial charge is 0.243 e. The minimum atomic E-state index is -3.74. The van der Waals surface area contributed by atoms with Crippen molar-refractivity contribution in [1.29, 1.82) is 0 Å². The van der Waals surface area contributed by atoms with Crippen LogP contribution >= 0.6 is 0 Å². The Bertz CT molecular complexity index is 845. The van der Waals surface area contributed by atoms with Crippen molar-refractivity contribution in [2.75, 3.05) is 13.7 Å². The molecule has 154 valence electrons. The van der Waals surface area contributed by atoms with E-state index in [2.05, 4.69) is 0 Å². The summed E-state index contributed by atoms with van der Waals surface area (Å²) in [6, 6.07) is 14.0. The number of hydrogen-bond acceptors (Lipinski definition) is 4. The molecule has 1 N–H and O–H groups in total. The zero-order valence-corrected chi connectivity index (χ0v) is 18.1. The second-order valence-electron chi connectivity index (χ2n) is 7.61. The lowest BCUT2D eigenvalue weighted by Gasteiger charge is -2.37. The van der Waals surface area contributed by atoms with Crippen LogP contribution in [0, 0.1) is 18.8 Å². The highest BCUT2D eigenvalue weighted by Crippen LogP contribution is 2.29. The van der Waals surface area contributed by atoms with E-state index in [-0.39, 0.29) is 35.9 Å². The fraction of sp³-hybridized carbons (Fsp3) is 0.455. The Labute approximate surface area is 169 Å². The minimum absolute atomic E-state index is 0.0422. The lowest BCUT2D eigenvalue weighted by molar-refractivity contribution is 0.126. The highest BCUT2D eigenvalue weighted by molar-refractivity contribution is 7.89. The van der Waals surface area contributed by atoms with Crippen LogP contribution in [0.1, 0.15) is 31.9 Å². The number of aryl methyl sites for hydroxylation is 1. The maximum Gasteiger partial charge on any atom is 0.243 e. The number of benzene rings is 2. The molecule has 0 aliphatic carbocycles. The average Bonchev–Trinajstić information content (AvgIpc) is 2.67. The second-order valence-corrected chi connectivity index (χ2v) is 9.50. The predicted molar refractivity (Wildman–Crippen MR) is 112 cm³/mol. The van der Waals surface area contributed by atoms with Gasteiger partial charge in [0, 0.05) is 19.2 Å². The van der Waals surface area contributed by atoms with Gasteiger partial charge in [-0.05, 0) is 48.6 Å². The van der Waals surface area contributed by atoms with E-state index < -0.39 is 10.0 Å². The van der Waals surface area contributed by atoms with Crippen molar-refractivity contribution < 1.29 is 18.3 Å². The van der Waals surface area contributed by atoms with Gasteiger partial charge in [-0.2, -0.15) is 4.31 Å². The normalized spacial score (nSPS) is 14.3. The molecule has 0 aliphatic rings. The SMILES string of the molecule is COc1ccc(CN([C@@H](C(C)C)[C@H](C)CO)S(=O)(=O)c2ccc(C)cc2)cc1. The van der Waals surface area contributed by atoms with Crippen molar-refractivity contribution >= 4 is 10.0 Å². The predicted octanol–water partition coefficient (Wildman–Crippen LogP) is 3.85. The first-order valence-corrected chi connectivity index (χ1v) is 11.0. The maximum absolute atomic E-state index is 13.6. The molecule has 0 aliphatic heterocycles. The summed E-state index contributed by atoms with van der Waals surface area (Å²) in [7, 11) is -2.14. The van der Waals surface area contributed by atoms with Crippen LogP contribution in [0.4, 0.5) is 0 Å². The third-order valence-corrected chi connectivity index (χ3v) is 6.87. The van der Waals surface area contributed by atoms with Gasteiger partial charge in [-0.3, -0.25) is 0 Å².